The summed E-state index contributed by atoms with van der Waals surface area (Å²) >= 11 is 0. The minimum atomic E-state index is -0.878. The Morgan fingerprint density at radius 2 is 1.70 bits per heavy atom. The zero-order chi connectivity index (χ0) is 31.4. The van der Waals surface area contributed by atoms with Crippen LogP contribution in [0.1, 0.15) is 50.8 Å². The summed E-state index contributed by atoms with van der Waals surface area (Å²) in [5, 5.41) is 16.4. The van der Waals surface area contributed by atoms with Crippen LogP contribution in [-0.2, 0) is 17.3 Å². The fraction of sp³-hybridized carbons (Fsp3) is 0.161. The summed E-state index contributed by atoms with van der Waals surface area (Å²) in [6.07, 6.45) is 1.99. The van der Waals surface area contributed by atoms with Crippen LogP contribution in [0.5, 0.6) is 0 Å². The fourth-order valence-corrected chi connectivity index (χ4v) is 4.45. The molecular weight excluding hydrogens is 566 g/mol. The first-order valence-corrected chi connectivity index (χ1v) is 13.5. The Morgan fingerprint density at radius 1 is 0.977 bits per heavy atom. The van der Waals surface area contributed by atoms with Gasteiger partial charge in [0.15, 0.2) is 17.2 Å². The van der Waals surface area contributed by atoms with E-state index in [1.54, 1.807) is 31.3 Å². The van der Waals surface area contributed by atoms with E-state index in [4.69, 9.17) is 9.15 Å². The summed E-state index contributed by atoms with van der Waals surface area (Å²) in [5.74, 6) is -1.95. The zero-order valence-electron chi connectivity index (χ0n) is 24.2. The van der Waals surface area contributed by atoms with Crippen molar-refractivity contribution in [1.82, 2.24) is 24.9 Å². The van der Waals surface area contributed by atoms with Gasteiger partial charge in [0.2, 0.25) is 0 Å². The molecule has 44 heavy (non-hydrogen) atoms. The van der Waals surface area contributed by atoms with Crippen LogP contribution in [0.2, 0.25) is 0 Å². The number of fused-ring (bicyclic) bond motifs is 1. The maximum atomic E-state index is 13.5. The maximum absolute atomic E-state index is 13.5. The van der Waals surface area contributed by atoms with Crippen molar-refractivity contribution in [2.45, 2.75) is 19.4 Å². The number of aryl methyl sites for hydroxylation is 1. The van der Waals surface area contributed by atoms with E-state index in [0.717, 1.165) is 10.2 Å². The number of hydrogen-bond donors (Lipinski definition) is 3. The number of nitrogens with one attached hydrogen (secondary N) is 3. The van der Waals surface area contributed by atoms with Crippen molar-refractivity contribution in [2.75, 3.05) is 17.2 Å². The summed E-state index contributed by atoms with van der Waals surface area (Å²) in [5.41, 5.74) is 0.783. The summed E-state index contributed by atoms with van der Waals surface area (Å²) < 4.78 is 13.3. The first kappa shape index (κ1) is 29.5. The van der Waals surface area contributed by atoms with E-state index in [9.17, 15) is 19.2 Å². The van der Waals surface area contributed by atoms with Gasteiger partial charge in [0.1, 0.15) is 17.8 Å². The molecule has 0 aliphatic carbocycles. The largest absolute Gasteiger partial charge is 0.445 e. The Kier molecular flexibility index (Phi) is 8.11. The Bertz CT molecular complexity index is 1880. The van der Waals surface area contributed by atoms with Crippen LogP contribution in [0.15, 0.2) is 90.0 Å². The smallest absolute Gasteiger partial charge is 0.435 e. The lowest BCUT2D eigenvalue weighted by Gasteiger charge is -2.26. The minimum Gasteiger partial charge on any atom is -0.445 e. The van der Waals surface area contributed by atoms with Gasteiger partial charge in [0.05, 0.1) is 16.8 Å². The number of hydrogen-bond acceptors (Lipinski definition) is 8. The Morgan fingerprint density at radius 3 is 2.41 bits per heavy atom. The molecule has 0 radical (unpaired) electrons. The molecule has 0 unspecified atom stereocenters. The number of benzene rings is 2. The maximum Gasteiger partial charge on any atom is 0.435 e. The summed E-state index contributed by atoms with van der Waals surface area (Å²) in [6.45, 7) is 7.12. The molecule has 0 aliphatic rings. The molecule has 0 atom stereocenters. The molecule has 0 bridgehead atoms. The number of carbonyl (C=O) groups is 4. The van der Waals surface area contributed by atoms with Crippen LogP contribution in [-0.4, -0.2) is 50.0 Å². The Labute approximate surface area is 251 Å². The molecule has 3 aromatic heterocycles. The highest BCUT2D eigenvalue weighted by atomic mass is 16.6. The summed E-state index contributed by atoms with van der Waals surface area (Å²) in [7, 11) is 1.62. The highest BCUT2D eigenvalue weighted by Gasteiger charge is 2.29. The first-order valence-electron chi connectivity index (χ1n) is 13.5. The fourth-order valence-electron chi connectivity index (χ4n) is 4.45. The molecule has 2 aromatic carbocycles. The van der Waals surface area contributed by atoms with Crippen LogP contribution in [0, 0.1) is 0 Å². The third kappa shape index (κ3) is 5.97. The molecule has 3 N–H and O–H groups in total. The predicted octanol–water partition coefficient (Wildman–Crippen LogP) is 4.70. The molecule has 3 amide bonds. The lowest BCUT2D eigenvalue weighted by molar-refractivity contribution is 0.0885. The van der Waals surface area contributed by atoms with Crippen molar-refractivity contribution in [3.8, 4) is 0 Å². The van der Waals surface area contributed by atoms with Crippen molar-refractivity contribution in [2.24, 2.45) is 7.05 Å². The minimum absolute atomic E-state index is 0.0343. The third-order valence-electron chi connectivity index (χ3n) is 6.70. The number of aromatic nitrogens is 4. The second-order valence-corrected chi connectivity index (χ2v) is 10.2. The number of amides is 3. The molecule has 0 aliphatic heterocycles. The lowest BCUT2D eigenvalue weighted by Crippen LogP contribution is -2.40. The average molecular weight is 596 g/mol. The normalized spacial score (nSPS) is 11.2. The molecular formula is C31H29N7O6. The van der Waals surface area contributed by atoms with Crippen molar-refractivity contribution < 1.29 is 28.3 Å². The second kappa shape index (κ2) is 12.1. The van der Waals surface area contributed by atoms with Crippen LogP contribution in [0.25, 0.3) is 11.1 Å². The standard InChI is InChI=1S/C31H29N7O6/c1-5-17-43-30(42)38-23-18-24(29(41)35-31(2,3)19-11-7-6-8-12-19)44-25(23)26(36-38)34-27(39)20-13-9-10-14-21(20)33-28(40)22-15-16-32-37(22)4/h5-16,18H,1,17H2,2-4H3,(H,33,40)(H,35,41)(H,34,36,39). The van der Waals surface area contributed by atoms with Gasteiger partial charge in [-0.25, -0.2) is 4.79 Å². The van der Waals surface area contributed by atoms with Crippen molar-refractivity contribution in [3.63, 3.8) is 0 Å². The number of rotatable bonds is 9. The van der Waals surface area contributed by atoms with Gasteiger partial charge < -0.3 is 25.1 Å². The van der Waals surface area contributed by atoms with Gasteiger partial charge in [-0.05, 0) is 37.6 Å². The molecule has 3 heterocycles. The number of nitrogens with zero attached hydrogens (tertiary/aromatic N) is 4. The molecule has 5 rings (SSSR count). The summed E-state index contributed by atoms with van der Waals surface area (Å²) in [4.78, 5) is 52.4. The lowest BCUT2D eigenvalue weighted by atomic mass is 9.94. The molecule has 224 valence electrons. The topological polar surface area (TPSA) is 162 Å². The van der Waals surface area contributed by atoms with Gasteiger partial charge >= 0.3 is 6.09 Å². The third-order valence-corrected chi connectivity index (χ3v) is 6.70. The van der Waals surface area contributed by atoms with E-state index < -0.39 is 29.4 Å². The van der Waals surface area contributed by atoms with Crippen LogP contribution in [0.4, 0.5) is 16.3 Å². The van der Waals surface area contributed by atoms with E-state index in [0.29, 0.717) is 0 Å². The van der Waals surface area contributed by atoms with E-state index in [1.807, 2.05) is 44.2 Å². The van der Waals surface area contributed by atoms with E-state index in [1.165, 1.54) is 29.1 Å². The van der Waals surface area contributed by atoms with Gasteiger partial charge in [-0.1, -0.05) is 55.1 Å². The van der Waals surface area contributed by atoms with Gasteiger partial charge in [0, 0.05) is 19.3 Å². The quantitative estimate of drug-likeness (QED) is 0.207. The second-order valence-electron chi connectivity index (χ2n) is 10.2. The zero-order valence-corrected chi connectivity index (χ0v) is 24.2. The van der Waals surface area contributed by atoms with Crippen molar-refractivity contribution in [3.05, 3.63) is 108 Å². The van der Waals surface area contributed by atoms with E-state index >= 15 is 0 Å². The number of para-hydroxylation sites is 1. The van der Waals surface area contributed by atoms with Crippen LogP contribution >= 0.6 is 0 Å². The van der Waals surface area contributed by atoms with Gasteiger partial charge in [-0.3, -0.25) is 19.1 Å². The highest BCUT2D eigenvalue weighted by Crippen LogP contribution is 2.29. The number of ether oxygens (including phenoxy) is 1. The van der Waals surface area contributed by atoms with Crippen LogP contribution < -0.4 is 16.0 Å². The van der Waals surface area contributed by atoms with Crippen molar-refractivity contribution in [1.29, 1.82) is 0 Å². The SMILES string of the molecule is C=CCOC(=O)n1nc(NC(=O)c2ccccc2NC(=O)c2ccnn2C)c2oc(C(=O)NC(C)(C)c3ccccc3)cc21. The molecule has 0 saturated heterocycles. The van der Waals surface area contributed by atoms with Crippen molar-refractivity contribution >= 4 is 46.4 Å². The number of carbonyl (C=O) groups excluding carboxylic acids is 4. The molecule has 13 nitrogen and oxygen atoms in total. The Hall–Kier alpha value is -5.98. The van der Waals surface area contributed by atoms with Crippen LogP contribution in [0.3, 0.4) is 0 Å². The van der Waals surface area contributed by atoms with E-state index in [-0.39, 0.29) is 46.2 Å². The monoisotopic (exact) mass is 595 g/mol. The van der Waals surface area contributed by atoms with Gasteiger partial charge in [0.25, 0.3) is 17.7 Å². The molecule has 0 fully saturated rings. The molecule has 0 saturated carbocycles. The first-order chi connectivity index (χ1) is 21.1. The number of anilines is 2. The molecule has 0 spiro atoms. The van der Waals surface area contributed by atoms with Gasteiger partial charge in [-0.15, -0.1) is 5.10 Å². The predicted molar refractivity (Wildman–Crippen MR) is 161 cm³/mol. The number of furan rings is 1. The highest BCUT2D eigenvalue weighted by molar-refractivity contribution is 6.14. The average Bonchev–Trinajstić information content (AvgIpc) is 3.72. The Balaban J connectivity index is 1.45. The van der Waals surface area contributed by atoms with E-state index in [2.05, 4.69) is 32.7 Å². The van der Waals surface area contributed by atoms with Gasteiger partial charge in [-0.2, -0.15) is 9.78 Å². The summed E-state index contributed by atoms with van der Waals surface area (Å²) in [6, 6.07) is 18.6. The molecule has 13 heteroatoms. The molecule has 5 aromatic rings.